The lowest BCUT2D eigenvalue weighted by Crippen LogP contribution is -2.37. The van der Waals surface area contributed by atoms with Gasteiger partial charge >= 0.3 is 0 Å². The van der Waals surface area contributed by atoms with E-state index in [1.165, 1.54) is 11.1 Å². The normalized spacial score (nSPS) is 16.9. The Bertz CT molecular complexity index is 1710. The molecule has 1 unspecified atom stereocenters. The first-order valence-electron chi connectivity index (χ1n) is 18.2. The third-order valence-electron chi connectivity index (χ3n) is 9.72. The fourth-order valence-electron chi connectivity index (χ4n) is 6.87. The molecule has 0 bridgehead atoms. The molecule has 11 heteroatoms. The minimum absolute atomic E-state index is 0.0124. The summed E-state index contributed by atoms with van der Waals surface area (Å²) in [6, 6.07) is 24.0. The van der Waals surface area contributed by atoms with E-state index < -0.39 is 0 Å². The maximum atomic E-state index is 13.5. The highest BCUT2D eigenvalue weighted by atomic mass is 16.5. The number of amides is 2. The van der Waals surface area contributed by atoms with Crippen LogP contribution in [0.3, 0.4) is 0 Å². The lowest BCUT2D eigenvalue weighted by Gasteiger charge is -2.33. The zero-order chi connectivity index (χ0) is 36.9. The fraction of sp³-hybridized carbons (Fsp3) is 0.415. The van der Waals surface area contributed by atoms with Gasteiger partial charge in [0.15, 0.2) is 0 Å². The van der Waals surface area contributed by atoms with Crippen molar-refractivity contribution in [2.45, 2.75) is 51.6 Å². The average Bonchev–Trinajstić information content (AvgIpc) is 3.65. The lowest BCUT2D eigenvalue weighted by molar-refractivity contribution is -0.133. The van der Waals surface area contributed by atoms with Gasteiger partial charge in [-0.25, -0.2) is 5.84 Å². The van der Waals surface area contributed by atoms with Crippen LogP contribution in [0.25, 0.3) is 11.4 Å². The van der Waals surface area contributed by atoms with E-state index in [0.29, 0.717) is 83.4 Å². The zero-order valence-electron chi connectivity index (χ0n) is 30.6. The average molecular weight is 711 g/mol. The molecule has 1 saturated heterocycles. The number of nitrogens with one attached hydrogen (secondary N) is 1. The molecule has 1 atom stereocenters. The number of para-hydroxylation sites is 1. The second kappa shape index (κ2) is 19.2. The second-order valence-corrected chi connectivity index (χ2v) is 13.2. The summed E-state index contributed by atoms with van der Waals surface area (Å²) in [6.45, 7) is 10.00. The second-order valence-electron chi connectivity index (χ2n) is 13.2. The quantitative estimate of drug-likeness (QED) is 0.0935. The van der Waals surface area contributed by atoms with Gasteiger partial charge in [-0.1, -0.05) is 73.3 Å². The molecule has 2 aliphatic rings. The molecule has 2 amide bonds. The van der Waals surface area contributed by atoms with Crippen LogP contribution in [0, 0.1) is 6.92 Å². The smallest absolute Gasteiger partial charge is 0.227 e. The number of allylic oxidation sites excluding steroid dienone is 1. The molecule has 0 aromatic heterocycles. The monoisotopic (exact) mass is 710 g/mol. The number of benzene rings is 3. The van der Waals surface area contributed by atoms with Gasteiger partial charge in [0.2, 0.25) is 11.8 Å². The van der Waals surface area contributed by atoms with Crippen molar-refractivity contribution in [3.63, 3.8) is 0 Å². The molecular formula is C41H54N6O5. The highest BCUT2D eigenvalue weighted by Gasteiger charge is 2.30. The number of nitrogens with zero attached hydrogens (tertiary/aromatic N) is 3. The van der Waals surface area contributed by atoms with Crippen LogP contribution < -0.4 is 21.8 Å². The molecule has 1 fully saturated rings. The van der Waals surface area contributed by atoms with Crippen LogP contribution in [-0.4, -0.2) is 81.5 Å². The third-order valence-corrected chi connectivity index (χ3v) is 9.72. The Labute approximate surface area is 308 Å². The summed E-state index contributed by atoms with van der Waals surface area (Å²) in [5.74, 6) is 6.80. The molecule has 278 valence electrons. The van der Waals surface area contributed by atoms with Gasteiger partial charge in [0, 0.05) is 36.8 Å². The Hall–Kier alpha value is -4.68. The van der Waals surface area contributed by atoms with Gasteiger partial charge in [0.1, 0.15) is 0 Å². The van der Waals surface area contributed by atoms with Crippen LogP contribution >= 0.6 is 0 Å². The van der Waals surface area contributed by atoms with Crippen molar-refractivity contribution in [2.75, 3.05) is 64.7 Å². The molecule has 0 radical (unpaired) electrons. The predicted octanol–water partition coefficient (Wildman–Crippen LogP) is 5.12. The number of likely N-dealkylation sites (tertiary alicyclic amines) is 1. The summed E-state index contributed by atoms with van der Waals surface area (Å²) in [4.78, 5) is 30.3. The molecule has 5 N–H and O–H groups in total. The number of rotatable bonds is 18. The Morgan fingerprint density at radius 1 is 0.846 bits per heavy atom. The number of ether oxygens (including phenoxy) is 3. The third kappa shape index (κ3) is 9.80. The number of hydrogen-bond donors (Lipinski definition) is 3. The van der Waals surface area contributed by atoms with E-state index in [-0.39, 0.29) is 17.9 Å². The van der Waals surface area contributed by atoms with Crippen LogP contribution in [0.5, 0.6) is 0 Å². The van der Waals surface area contributed by atoms with E-state index in [4.69, 9.17) is 25.8 Å². The van der Waals surface area contributed by atoms with Gasteiger partial charge in [-0.15, -0.1) is 0 Å². The number of aryl methyl sites for hydroxylation is 1. The number of fused-ring (bicyclic) bond motifs is 2. The predicted molar refractivity (Wildman–Crippen MR) is 205 cm³/mol. The van der Waals surface area contributed by atoms with Gasteiger partial charge in [-0.2, -0.15) is 0 Å². The minimum Gasteiger partial charge on any atom is -0.396 e. The summed E-state index contributed by atoms with van der Waals surface area (Å²) in [5, 5.41) is 4.64. The van der Waals surface area contributed by atoms with Crippen LogP contribution in [0.2, 0.25) is 0 Å². The Kier molecular flexibility index (Phi) is 14.3. The van der Waals surface area contributed by atoms with Crippen molar-refractivity contribution in [1.29, 1.82) is 0 Å². The number of hydrazine groups is 1. The van der Waals surface area contributed by atoms with E-state index in [1.807, 2.05) is 65.6 Å². The number of anilines is 1. The zero-order valence-corrected chi connectivity index (χ0v) is 30.6. The number of carbonyl (C=O) groups excluding carboxylic acids is 2. The van der Waals surface area contributed by atoms with Gasteiger partial charge in [0.25, 0.3) is 0 Å². The van der Waals surface area contributed by atoms with E-state index in [0.717, 1.165) is 47.5 Å². The maximum Gasteiger partial charge on any atom is 0.227 e. The topological polar surface area (TPSA) is 136 Å². The summed E-state index contributed by atoms with van der Waals surface area (Å²) < 4.78 is 17.2. The van der Waals surface area contributed by atoms with Crippen LogP contribution in [0.4, 0.5) is 5.69 Å². The number of hydrogen-bond acceptors (Lipinski definition) is 9. The first kappa shape index (κ1) is 38.5. The van der Waals surface area contributed by atoms with Gasteiger partial charge in [0.05, 0.1) is 82.3 Å². The lowest BCUT2D eigenvalue weighted by atomic mass is 9.95. The SMILES string of the molecule is C=C(CCC(=O)N1Cc2ccccc2/C(N(N)CCOCCOCCOCCC(=O)N2CCCC2c2ccccc2C)=C(/N)c2ccccc21)NC. The molecule has 11 nitrogen and oxygen atoms in total. The highest BCUT2D eigenvalue weighted by Crippen LogP contribution is 2.37. The summed E-state index contributed by atoms with van der Waals surface area (Å²) in [7, 11) is 1.81. The van der Waals surface area contributed by atoms with Gasteiger partial charge < -0.3 is 40.1 Å². The van der Waals surface area contributed by atoms with Crippen molar-refractivity contribution >= 4 is 28.9 Å². The van der Waals surface area contributed by atoms with E-state index >= 15 is 0 Å². The first-order chi connectivity index (χ1) is 25.3. The highest BCUT2D eigenvalue weighted by molar-refractivity contribution is 6.01. The van der Waals surface area contributed by atoms with Crippen molar-refractivity contribution < 1.29 is 23.8 Å². The molecule has 0 saturated carbocycles. The number of carbonyl (C=O) groups is 2. The molecular weight excluding hydrogens is 656 g/mol. The summed E-state index contributed by atoms with van der Waals surface area (Å²) in [6.07, 6.45) is 3.25. The Morgan fingerprint density at radius 2 is 1.50 bits per heavy atom. The molecule has 3 aromatic rings. The van der Waals surface area contributed by atoms with Crippen molar-refractivity contribution in [3.8, 4) is 0 Å². The summed E-state index contributed by atoms with van der Waals surface area (Å²) in [5.41, 5.74) is 14.6. The summed E-state index contributed by atoms with van der Waals surface area (Å²) >= 11 is 0. The van der Waals surface area contributed by atoms with Gasteiger partial charge in [-0.05, 0) is 48.9 Å². The largest absolute Gasteiger partial charge is 0.396 e. The molecule has 3 aromatic carbocycles. The minimum atomic E-state index is -0.0124. The van der Waals surface area contributed by atoms with Crippen LogP contribution in [0.1, 0.15) is 66.0 Å². The maximum absolute atomic E-state index is 13.5. The Balaban J connectivity index is 1.06. The van der Waals surface area contributed by atoms with E-state index in [9.17, 15) is 9.59 Å². The molecule has 5 rings (SSSR count). The van der Waals surface area contributed by atoms with Crippen LogP contribution in [-0.2, 0) is 30.3 Å². The van der Waals surface area contributed by atoms with Crippen molar-refractivity contribution in [1.82, 2.24) is 15.2 Å². The van der Waals surface area contributed by atoms with Crippen molar-refractivity contribution in [3.05, 3.63) is 113 Å². The number of nitrogens with two attached hydrogens (primary N) is 2. The standard InChI is InChI=1S/C41H54N6O5/c1-30-11-4-6-13-33(30)36-17-10-21-45(36)39(49)20-23-50-25-27-52-28-26-51-24-22-47(43)41-34-14-7-5-12-32(34)29-46(38(48)19-18-31(2)44-3)37-16-9-8-15-35(37)40(41)42/h4-9,11-16,36,44H,2,10,17-29,42-43H2,1,3H3/b41-40-. The van der Waals surface area contributed by atoms with E-state index in [2.05, 4.69) is 31.0 Å². The van der Waals surface area contributed by atoms with Crippen molar-refractivity contribution in [2.24, 2.45) is 11.6 Å². The van der Waals surface area contributed by atoms with Gasteiger partial charge in [-0.3, -0.25) is 9.59 Å². The molecule has 2 heterocycles. The molecule has 2 aliphatic heterocycles. The molecule has 0 spiro atoms. The molecule has 52 heavy (non-hydrogen) atoms. The molecule has 0 aliphatic carbocycles. The van der Waals surface area contributed by atoms with E-state index in [1.54, 1.807) is 17.0 Å². The Morgan fingerprint density at radius 3 is 2.25 bits per heavy atom. The van der Waals surface area contributed by atoms with Crippen LogP contribution in [0.15, 0.2) is 85.1 Å². The first-order valence-corrected chi connectivity index (χ1v) is 18.2. The fourth-order valence-corrected chi connectivity index (χ4v) is 6.87.